The van der Waals surface area contributed by atoms with Gasteiger partial charge in [0.15, 0.2) is 5.82 Å². The largest absolute Gasteiger partial charge is 0.339 e. The molecule has 0 aromatic carbocycles. The molecule has 1 atom stereocenters. The SMILES string of the molecule is CC(C)N1CCCC1c1noc(CC=O)n1. The van der Waals surface area contributed by atoms with Gasteiger partial charge in [-0.05, 0) is 33.2 Å². The fraction of sp³-hybridized carbons (Fsp3) is 0.727. The maximum absolute atomic E-state index is 10.3. The fourth-order valence-electron chi connectivity index (χ4n) is 2.24. The van der Waals surface area contributed by atoms with E-state index in [-0.39, 0.29) is 12.5 Å². The minimum Gasteiger partial charge on any atom is -0.339 e. The molecule has 16 heavy (non-hydrogen) atoms. The number of hydrogen-bond donors (Lipinski definition) is 0. The Balaban J connectivity index is 2.12. The zero-order valence-electron chi connectivity index (χ0n) is 9.72. The van der Waals surface area contributed by atoms with E-state index in [2.05, 4.69) is 28.9 Å². The zero-order valence-corrected chi connectivity index (χ0v) is 9.72. The molecule has 1 saturated heterocycles. The van der Waals surface area contributed by atoms with Crippen molar-refractivity contribution in [1.82, 2.24) is 15.0 Å². The van der Waals surface area contributed by atoms with Crippen LogP contribution in [0, 0.1) is 0 Å². The molecule has 88 valence electrons. The van der Waals surface area contributed by atoms with Gasteiger partial charge in [0.2, 0.25) is 5.89 Å². The molecule has 2 rings (SSSR count). The average Bonchev–Trinajstić information content (AvgIpc) is 2.83. The second-order valence-corrected chi connectivity index (χ2v) is 4.41. The van der Waals surface area contributed by atoms with Crippen LogP contribution in [-0.2, 0) is 11.2 Å². The number of likely N-dealkylation sites (tertiary alicyclic amines) is 1. The number of rotatable bonds is 4. The lowest BCUT2D eigenvalue weighted by molar-refractivity contribution is -0.107. The van der Waals surface area contributed by atoms with Crippen molar-refractivity contribution in [3.8, 4) is 0 Å². The Bertz CT molecular complexity index is 362. The van der Waals surface area contributed by atoms with Crippen molar-refractivity contribution >= 4 is 6.29 Å². The molecule has 5 nitrogen and oxygen atoms in total. The van der Waals surface area contributed by atoms with Crippen LogP contribution in [0.4, 0.5) is 0 Å². The van der Waals surface area contributed by atoms with E-state index in [9.17, 15) is 4.79 Å². The van der Waals surface area contributed by atoms with E-state index in [1.807, 2.05) is 0 Å². The molecule has 0 bridgehead atoms. The summed E-state index contributed by atoms with van der Waals surface area (Å²) in [5.74, 6) is 1.14. The maximum atomic E-state index is 10.3. The van der Waals surface area contributed by atoms with E-state index in [0.717, 1.165) is 25.1 Å². The lowest BCUT2D eigenvalue weighted by Gasteiger charge is -2.25. The molecule has 1 aliphatic heterocycles. The Morgan fingerprint density at radius 1 is 1.62 bits per heavy atom. The molecule has 0 N–H and O–H groups in total. The van der Waals surface area contributed by atoms with Crippen LogP contribution in [0.5, 0.6) is 0 Å². The van der Waals surface area contributed by atoms with Gasteiger partial charge in [-0.15, -0.1) is 0 Å². The van der Waals surface area contributed by atoms with Crippen molar-refractivity contribution in [3.63, 3.8) is 0 Å². The first kappa shape index (κ1) is 11.3. The van der Waals surface area contributed by atoms with Crippen LogP contribution in [-0.4, -0.2) is 33.9 Å². The summed E-state index contributed by atoms with van der Waals surface area (Å²) in [6, 6.07) is 0.740. The highest BCUT2D eigenvalue weighted by molar-refractivity contribution is 5.52. The number of hydrogen-bond acceptors (Lipinski definition) is 5. The minimum absolute atomic E-state index is 0.210. The van der Waals surface area contributed by atoms with Crippen LogP contribution >= 0.6 is 0 Å². The Hall–Kier alpha value is -1.23. The van der Waals surface area contributed by atoms with Crippen molar-refractivity contribution in [1.29, 1.82) is 0 Å². The third-order valence-corrected chi connectivity index (χ3v) is 3.00. The molecule has 0 spiro atoms. The van der Waals surface area contributed by atoms with Crippen LogP contribution in [0.2, 0.25) is 0 Å². The van der Waals surface area contributed by atoms with Crippen molar-refractivity contribution in [3.05, 3.63) is 11.7 Å². The Morgan fingerprint density at radius 3 is 3.12 bits per heavy atom. The molecule has 0 saturated carbocycles. The van der Waals surface area contributed by atoms with Crippen molar-refractivity contribution in [2.45, 2.75) is 45.2 Å². The first-order chi connectivity index (χ1) is 7.72. The second kappa shape index (κ2) is 4.74. The highest BCUT2D eigenvalue weighted by Crippen LogP contribution is 2.31. The van der Waals surface area contributed by atoms with Gasteiger partial charge in [-0.2, -0.15) is 4.98 Å². The van der Waals surface area contributed by atoms with E-state index < -0.39 is 0 Å². The highest BCUT2D eigenvalue weighted by Gasteiger charge is 2.31. The Morgan fingerprint density at radius 2 is 2.44 bits per heavy atom. The Kier molecular flexibility index (Phi) is 3.33. The number of aromatic nitrogens is 2. The molecule has 0 amide bonds. The summed E-state index contributed by atoms with van der Waals surface area (Å²) < 4.78 is 5.03. The molecular weight excluding hydrogens is 206 g/mol. The fourth-order valence-corrected chi connectivity index (χ4v) is 2.24. The van der Waals surface area contributed by atoms with Crippen LogP contribution in [0.3, 0.4) is 0 Å². The Labute approximate surface area is 94.8 Å². The predicted octanol–water partition coefficient (Wildman–Crippen LogP) is 1.36. The van der Waals surface area contributed by atoms with Gasteiger partial charge in [-0.25, -0.2) is 0 Å². The van der Waals surface area contributed by atoms with Gasteiger partial charge in [-0.1, -0.05) is 5.16 Å². The molecule has 1 unspecified atom stereocenters. The third-order valence-electron chi connectivity index (χ3n) is 3.00. The van der Waals surface area contributed by atoms with E-state index in [4.69, 9.17) is 4.52 Å². The second-order valence-electron chi connectivity index (χ2n) is 4.41. The van der Waals surface area contributed by atoms with E-state index >= 15 is 0 Å². The first-order valence-electron chi connectivity index (χ1n) is 5.74. The molecule has 0 radical (unpaired) electrons. The van der Waals surface area contributed by atoms with Gasteiger partial charge in [0, 0.05) is 6.04 Å². The summed E-state index contributed by atoms with van der Waals surface area (Å²) >= 11 is 0. The summed E-state index contributed by atoms with van der Waals surface area (Å²) in [5, 5.41) is 3.96. The van der Waals surface area contributed by atoms with Gasteiger partial charge in [0.1, 0.15) is 6.29 Å². The van der Waals surface area contributed by atoms with Crippen LogP contribution in [0.25, 0.3) is 0 Å². The summed E-state index contributed by atoms with van der Waals surface area (Å²) in [6.07, 6.45) is 3.23. The minimum atomic E-state index is 0.210. The first-order valence-corrected chi connectivity index (χ1v) is 5.74. The van der Waals surface area contributed by atoms with Gasteiger partial charge in [0.05, 0.1) is 12.5 Å². The van der Waals surface area contributed by atoms with Gasteiger partial charge < -0.3 is 9.32 Å². The lowest BCUT2D eigenvalue weighted by atomic mass is 10.2. The molecular formula is C11H17N3O2. The normalized spacial score (nSPS) is 21.8. The highest BCUT2D eigenvalue weighted by atomic mass is 16.5. The summed E-state index contributed by atoms with van der Waals surface area (Å²) in [5.41, 5.74) is 0. The molecule has 1 aliphatic rings. The molecule has 0 aliphatic carbocycles. The van der Waals surface area contributed by atoms with Gasteiger partial charge in [-0.3, -0.25) is 4.90 Å². The average molecular weight is 223 g/mol. The van der Waals surface area contributed by atoms with Crippen LogP contribution in [0.1, 0.15) is 44.4 Å². The molecule has 1 aromatic rings. The molecule has 1 fully saturated rings. The van der Waals surface area contributed by atoms with Crippen molar-refractivity contribution < 1.29 is 9.32 Å². The monoisotopic (exact) mass is 223 g/mol. The standard InChI is InChI=1S/C11H17N3O2/c1-8(2)14-6-3-4-9(14)11-12-10(5-7-15)16-13-11/h7-9H,3-6H2,1-2H3. The maximum Gasteiger partial charge on any atom is 0.233 e. The van der Waals surface area contributed by atoms with Gasteiger partial charge >= 0.3 is 0 Å². The number of aldehydes is 1. The topological polar surface area (TPSA) is 59.2 Å². The van der Waals surface area contributed by atoms with E-state index in [1.54, 1.807) is 0 Å². The molecule has 2 heterocycles. The van der Waals surface area contributed by atoms with E-state index in [0.29, 0.717) is 11.9 Å². The number of nitrogens with zero attached hydrogens (tertiary/aromatic N) is 3. The quantitative estimate of drug-likeness (QED) is 0.721. The third kappa shape index (κ3) is 2.14. The summed E-state index contributed by atoms with van der Waals surface area (Å²) in [6.45, 7) is 5.43. The van der Waals surface area contributed by atoms with E-state index in [1.165, 1.54) is 6.42 Å². The molecule has 1 aromatic heterocycles. The zero-order chi connectivity index (χ0) is 11.5. The van der Waals surface area contributed by atoms with Gasteiger partial charge in [0.25, 0.3) is 0 Å². The van der Waals surface area contributed by atoms with Crippen LogP contribution < -0.4 is 0 Å². The van der Waals surface area contributed by atoms with Crippen molar-refractivity contribution in [2.75, 3.05) is 6.54 Å². The summed E-state index contributed by atoms with van der Waals surface area (Å²) in [4.78, 5) is 17.0. The van der Waals surface area contributed by atoms with Crippen LogP contribution in [0.15, 0.2) is 4.52 Å². The summed E-state index contributed by atoms with van der Waals surface area (Å²) in [7, 11) is 0. The molecule has 5 heteroatoms. The van der Waals surface area contributed by atoms with Crippen molar-refractivity contribution in [2.24, 2.45) is 0 Å². The lowest BCUT2D eigenvalue weighted by Crippen LogP contribution is -2.30. The predicted molar refractivity (Wildman–Crippen MR) is 57.9 cm³/mol. The number of carbonyl (C=O) groups is 1. The smallest absolute Gasteiger partial charge is 0.233 e. The number of carbonyl (C=O) groups excluding carboxylic acids is 1.